The number of likely N-dealkylation sites (N-methyl/N-ethyl adjacent to an activating group) is 1. The van der Waals surface area contributed by atoms with Crippen molar-refractivity contribution in [1.29, 1.82) is 0 Å². The maximum atomic E-state index is 11.6. The molecule has 122 valence electrons. The van der Waals surface area contributed by atoms with E-state index in [0.717, 1.165) is 0 Å². The summed E-state index contributed by atoms with van der Waals surface area (Å²) in [6.07, 6.45) is 1.67. The van der Waals surface area contributed by atoms with E-state index in [4.69, 9.17) is 9.47 Å². The second-order valence-corrected chi connectivity index (χ2v) is 5.02. The van der Waals surface area contributed by atoms with Crippen LogP contribution in [0.5, 0.6) is 17.4 Å². The van der Waals surface area contributed by atoms with Crippen LogP contribution in [0.25, 0.3) is 0 Å². The maximum Gasteiger partial charge on any atom is 0.257 e. The monoisotopic (exact) mass is 315 g/mol. The van der Waals surface area contributed by atoms with Crippen molar-refractivity contribution in [3.8, 4) is 17.4 Å². The highest BCUT2D eigenvalue weighted by Crippen LogP contribution is 2.22. The number of hydrogen-bond acceptors (Lipinski definition) is 5. The molecule has 1 amide bonds. The number of aromatic nitrogens is 1. The smallest absolute Gasteiger partial charge is 0.257 e. The first-order valence-electron chi connectivity index (χ1n) is 7.43. The summed E-state index contributed by atoms with van der Waals surface area (Å²) in [5.74, 6) is 1.64. The zero-order valence-electron chi connectivity index (χ0n) is 13.3. The molecule has 2 N–H and O–H groups in total. The van der Waals surface area contributed by atoms with Gasteiger partial charge < -0.3 is 20.1 Å². The first-order valence-corrected chi connectivity index (χ1v) is 7.43. The third-order valence-corrected chi connectivity index (χ3v) is 3.15. The molecule has 0 aliphatic heterocycles. The van der Waals surface area contributed by atoms with Crippen LogP contribution < -0.4 is 20.1 Å². The van der Waals surface area contributed by atoms with Crippen LogP contribution in [-0.4, -0.2) is 37.1 Å². The standard InChI is InChI=1S/C17H21N3O3/c1-13(18-2)11-20-16(21)12-22-14-6-8-15(9-7-14)23-17-5-3-4-10-19-17/h3-10,13,18H,11-12H2,1-2H3,(H,20,21). The number of nitrogens with one attached hydrogen (secondary N) is 2. The number of amides is 1. The van der Waals surface area contributed by atoms with E-state index in [1.54, 1.807) is 36.5 Å². The topological polar surface area (TPSA) is 72.5 Å². The summed E-state index contributed by atoms with van der Waals surface area (Å²) in [7, 11) is 1.85. The van der Waals surface area contributed by atoms with Gasteiger partial charge in [0, 0.05) is 24.8 Å². The molecule has 0 aliphatic carbocycles. The zero-order chi connectivity index (χ0) is 16.5. The Kier molecular flexibility index (Phi) is 6.38. The lowest BCUT2D eigenvalue weighted by Gasteiger charge is -2.12. The van der Waals surface area contributed by atoms with Crippen molar-refractivity contribution < 1.29 is 14.3 Å². The number of hydrogen-bond donors (Lipinski definition) is 2. The molecule has 6 nitrogen and oxygen atoms in total. The van der Waals surface area contributed by atoms with Crippen LogP contribution in [-0.2, 0) is 4.79 Å². The van der Waals surface area contributed by atoms with Gasteiger partial charge in [-0.1, -0.05) is 6.07 Å². The summed E-state index contributed by atoms with van der Waals surface area (Å²) >= 11 is 0. The van der Waals surface area contributed by atoms with Crippen LogP contribution in [0.3, 0.4) is 0 Å². The molecule has 0 radical (unpaired) electrons. The molecule has 2 aromatic rings. The lowest BCUT2D eigenvalue weighted by molar-refractivity contribution is -0.123. The molecule has 0 spiro atoms. The summed E-state index contributed by atoms with van der Waals surface area (Å²) in [5.41, 5.74) is 0. The van der Waals surface area contributed by atoms with Crippen molar-refractivity contribution in [1.82, 2.24) is 15.6 Å². The van der Waals surface area contributed by atoms with Gasteiger partial charge in [-0.15, -0.1) is 0 Å². The average molecular weight is 315 g/mol. The minimum atomic E-state index is -0.152. The third kappa shape index (κ3) is 5.96. The van der Waals surface area contributed by atoms with Crippen LogP contribution in [0.2, 0.25) is 0 Å². The number of pyridine rings is 1. The molecule has 1 unspecified atom stereocenters. The molecule has 1 aromatic carbocycles. The molecule has 0 fully saturated rings. The van der Waals surface area contributed by atoms with Crippen LogP contribution in [0.1, 0.15) is 6.92 Å². The minimum Gasteiger partial charge on any atom is -0.484 e. The number of rotatable bonds is 8. The highest BCUT2D eigenvalue weighted by molar-refractivity contribution is 5.77. The molecular formula is C17H21N3O3. The molecule has 1 aromatic heterocycles. The SMILES string of the molecule is CNC(C)CNC(=O)COc1ccc(Oc2ccccn2)cc1. The van der Waals surface area contributed by atoms with Gasteiger partial charge in [0.1, 0.15) is 11.5 Å². The Morgan fingerprint density at radius 1 is 1.17 bits per heavy atom. The van der Waals surface area contributed by atoms with Crippen LogP contribution in [0, 0.1) is 0 Å². The second-order valence-electron chi connectivity index (χ2n) is 5.02. The Morgan fingerprint density at radius 3 is 2.57 bits per heavy atom. The largest absolute Gasteiger partial charge is 0.484 e. The van der Waals surface area contributed by atoms with Crippen molar-refractivity contribution in [3.05, 3.63) is 48.7 Å². The van der Waals surface area contributed by atoms with E-state index in [0.29, 0.717) is 23.9 Å². The van der Waals surface area contributed by atoms with Gasteiger partial charge in [-0.05, 0) is 44.3 Å². The normalized spacial score (nSPS) is 11.6. The van der Waals surface area contributed by atoms with Gasteiger partial charge in [-0.3, -0.25) is 4.79 Å². The average Bonchev–Trinajstić information content (AvgIpc) is 2.60. The van der Waals surface area contributed by atoms with E-state index in [1.165, 1.54) is 0 Å². The van der Waals surface area contributed by atoms with Gasteiger partial charge in [0.25, 0.3) is 5.91 Å². The van der Waals surface area contributed by atoms with Gasteiger partial charge in [-0.25, -0.2) is 4.98 Å². The summed E-state index contributed by atoms with van der Waals surface area (Å²) in [5, 5.41) is 5.83. The van der Waals surface area contributed by atoms with Gasteiger partial charge in [0.15, 0.2) is 6.61 Å². The van der Waals surface area contributed by atoms with Gasteiger partial charge in [0.2, 0.25) is 5.88 Å². The first-order chi connectivity index (χ1) is 11.2. The fraction of sp³-hybridized carbons (Fsp3) is 0.294. The van der Waals surface area contributed by atoms with E-state index in [9.17, 15) is 4.79 Å². The van der Waals surface area contributed by atoms with Crippen LogP contribution in [0.4, 0.5) is 0 Å². The number of nitrogens with zero attached hydrogens (tertiary/aromatic N) is 1. The molecule has 0 aliphatic rings. The summed E-state index contributed by atoms with van der Waals surface area (Å²) in [6.45, 7) is 2.54. The van der Waals surface area contributed by atoms with E-state index in [2.05, 4.69) is 15.6 Å². The Hall–Kier alpha value is -2.60. The van der Waals surface area contributed by atoms with Gasteiger partial charge in [0.05, 0.1) is 0 Å². The van der Waals surface area contributed by atoms with E-state index in [1.807, 2.05) is 26.1 Å². The van der Waals surface area contributed by atoms with Gasteiger partial charge in [-0.2, -0.15) is 0 Å². The Bertz CT molecular complexity index is 602. The maximum absolute atomic E-state index is 11.6. The van der Waals surface area contributed by atoms with E-state index < -0.39 is 0 Å². The summed E-state index contributed by atoms with van der Waals surface area (Å²) in [6, 6.07) is 12.7. The highest BCUT2D eigenvalue weighted by Gasteiger charge is 2.05. The van der Waals surface area contributed by atoms with Crippen LogP contribution >= 0.6 is 0 Å². The molecule has 0 saturated carbocycles. The second kappa shape index (κ2) is 8.75. The predicted molar refractivity (Wildman–Crippen MR) is 87.8 cm³/mol. The molecule has 0 bridgehead atoms. The summed E-state index contributed by atoms with van der Waals surface area (Å²) in [4.78, 5) is 15.7. The van der Waals surface area contributed by atoms with Gasteiger partial charge >= 0.3 is 0 Å². The number of benzene rings is 1. The molecule has 1 atom stereocenters. The molecular weight excluding hydrogens is 294 g/mol. The third-order valence-electron chi connectivity index (χ3n) is 3.15. The fourth-order valence-corrected chi connectivity index (χ4v) is 1.70. The number of carbonyl (C=O) groups excluding carboxylic acids is 1. The predicted octanol–water partition coefficient (Wildman–Crippen LogP) is 1.98. The number of carbonyl (C=O) groups is 1. The fourth-order valence-electron chi connectivity index (χ4n) is 1.70. The van der Waals surface area contributed by atoms with Crippen molar-refractivity contribution in [2.45, 2.75) is 13.0 Å². The molecule has 6 heteroatoms. The summed E-state index contributed by atoms with van der Waals surface area (Å²) < 4.78 is 11.0. The van der Waals surface area contributed by atoms with Crippen molar-refractivity contribution in [3.63, 3.8) is 0 Å². The molecule has 2 rings (SSSR count). The lowest BCUT2D eigenvalue weighted by atomic mass is 10.3. The quantitative estimate of drug-likeness (QED) is 0.779. The van der Waals surface area contributed by atoms with Crippen LogP contribution in [0.15, 0.2) is 48.7 Å². The Labute approximate surface area is 135 Å². The Balaban J connectivity index is 1.77. The van der Waals surface area contributed by atoms with E-state index >= 15 is 0 Å². The van der Waals surface area contributed by atoms with Crippen molar-refractivity contribution in [2.75, 3.05) is 20.2 Å². The Morgan fingerprint density at radius 2 is 1.91 bits per heavy atom. The zero-order valence-corrected chi connectivity index (χ0v) is 13.3. The van der Waals surface area contributed by atoms with E-state index in [-0.39, 0.29) is 18.6 Å². The minimum absolute atomic E-state index is 0.0170. The lowest BCUT2D eigenvalue weighted by Crippen LogP contribution is -2.39. The van der Waals surface area contributed by atoms with Crippen molar-refractivity contribution >= 4 is 5.91 Å². The molecule has 23 heavy (non-hydrogen) atoms. The molecule has 0 saturated heterocycles. The number of ether oxygens (including phenoxy) is 2. The van der Waals surface area contributed by atoms with Crippen molar-refractivity contribution in [2.24, 2.45) is 0 Å². The highest BCUT2D eigenvalue weighted by atomic mass is 16.5. The first kappa shape index (κ1) is 16.8. The molecule has 1 heterocycles.